The zero-order valence-electron chi connectivity index (χ0n) is 13.2. The summed E-state index contributed by atoms with van der Waals surface area (Å²) in [6, 6.07) is 5.96. The van der Waals surface area contributed by atoms with Crippen molar-refractivity contribution >= 4 is 16.9 Å². The van der Waals surface area contributed by atoms with Crippen LogP contribution in [0.3, 0.4) is 0 Å². The number of carbonyl (C=O) groups excluding carboxylic acids is 1. The Balaban J connectivity index is 2.12. The fourth-order valence-electron chi connectivity index (χ4n) is 3.20. The van der Waals surface area contributed by atoms with Gasteiger partial charge in [0, 0.05) is 36.3 Å². The molecule has 6 heteroatoms. The summed E-state index contributed by atoms with van der Waals surface area (Å²) in [4.78, 5) is 20.2. The van der Waals surface area contributed by atoms with Gasteiger partial charge in [-0.3, -0.25) is 14.9 Å². The summed E-state index contributed by atoms with van der Waals surface area (Å²) in [5, 5.41) is 7.80. The normalized spacial score (nSPS) is 13.1. The topological polar surface area (TPSA) is 97.5 Å². The molecule has 0 bridgehead atoms. The number of hydrogen-bond acceptors (Lipinski definition) is 4. The predicted octanol–water partition coefficient (Wildman–Crippen LogP) is 2.39. The molecule has 3 aromatic rings. The lowest BCUT2D eigenvalue weighted by Crippen LogP contribution is -2.29. The molecule has 0 saturated carbocycles. The Labute approximate surface area is 134 Å². The van der Waals surface area contributed by atoms with E-state index in [9.17, 15) is 4.79 Å². The van der Waals surface area contributed by atoms with Crippen molar-refractivity contribution in [3.8, 4) is 0 Å². The molecule has 1 unspecified atom stereocenters. The maximum atomic E-state index is 11.5. The van der Waals surface area contributed by atoms with E-state index < -0.39 is 0 Å². The molecule has 3 aromatic heterocycles. The van der Waals surface area contributed by atoms with Gasteiger partial charge in [-0.25, -0.2) is 4.98 Å². The number of H-pyrrole nitrogens is 1. The van der Waals surface area contributed by atoms with Crippen LogP contribution in [0.15, 0.2) is 43.0 Å². The molecule has 3 N–H and O–H groups in total. The number of nitrogens with zero attached hydrogens (tertiary/aromatic N) is 3. The number of rotatable bonds is 5. The van der Waals surface area contributed by atoms with Crippen LogP contribution in [-0.4, -0.2) is 26.1 Å². The number of amides is 1. The van der Waals surface area contributed by atoms with E-state index >= 15 is 0 Å². The molecule has 0 aliphatic heterocycles. The van der Waals surface area contributed by atoms with Crippen molar-refractivity contribution in [1.82, 2.24) is 20.2 Å². The maximum absolute atomic E-state index is 11.5. The monoisotopic (exact) mass is 309 g/mol. The summed E-state index contributed by atoms with van der Waals surface area (Å²) in [7, 11) is 0. The van der Waals surface area contributed by atoms with E-state index in [0.717, 1.165) is 22.2 Å². The molecule has 0 aliphatic rings. The molecule has 0 aliphatic carbocycles. The van der Waals surface area contributed by atoms with Gasteiger partial charge >= 0.3 is 0 Å². The number of nitrogens with two attached hydrogens (primary N) is 1. The van der Waals surface area contributed by atoms with E-state index in [1.807, 2.05) is 44.4 Å². The first kappa shape index (κ1) is 15.1. The second-order valence-corrected chi connectivity index (χ2v) is 6.43. The van der Waals surface area contributed by atoms with Gasteiger partial charge in [0.2, 0.25) is 5.91 Å². The van der Waals surface area contributed by atoms with Crippen LogP contribution >= 0.6 is 0 Å². The summed E-state index contributed by atoms with van der Waals surface area (Å²) in [5.74, 6) is -0.364. The number of aromatic amines is 1. The van der Waals surface area contributed by atoms with Crippen LogP contribution in [-0.2, 0) is 4.79 Å². The molecule has 3 rings (SSSR count). The number of nitrogens with one attached hydrogen (secondary N) is 1. The molecule has 0 aromatic carbocycles. The van der Waals surface area contributed by atoms with Gasteiger partial charge in [-0.05, 0) is 28.7 Å². The molecule has 0 radical (unpaired) electrons. The Morgan fingerprint density at radius 1 is 1.30 bits per heavy atom. The van der Waals surface area contributed by atoms with Gasteiger partial charge in [-0.1, -0.05) is 19.9 Å². The summed E-state index contributed by atoms with van der Waals surface area (Å²) in [5.41, 5.74) is 7.88. The number of primary amides is 1. The van der Waals surface area contributed by atoms with Crippen molar-refractivity contribution in [3.63, 3.8) is 0 Å². The molecular weight excluding hydrogens is 290 g/mol. The summed E-state index contributed by atoms with van der Waals surface area (Å²) in [6.07, 6.45) is 7.40. The van der Waals surface area contributed by atoms with Crippen LogP contribution in [0.4, 0.5) is 0 Å². The first-order valence-electron chi connectivity index (χ1n) is 7.44. The fraction of sp³-hybridized carbons (Fsp3) is 0.294. The van der Waals surface area contributed by atoms with Gasteiger partial charge in [0.15, 0.2) is 5.65 Å². The molecule has 0 fully saturated rings. The lowest BCUT2D eigenvalue weighted by Gasteiger charge is -2.34. The van der Waals surface area contributed by atoms with Crippen LogP contribution in [0.25, 0.3) is 11.0 Å². The second kappa shape index (κ2) is 5.79. The highest BCUT2D eigenvalue weighted by Crippen LogP contribution is 2.43. The average Bonchev–Trinajstić information content (AvgIpc) is 2.94. The molecular formula is C17H19N5O. The third kappa shape index (κ3) is 3.06. The molecule has 6 nitrogen and oxygen atoms in total. The average molecular weight is 309 g/mol. The highest BCUT2D eigenvalue weighted by Gasteiger charge is 2.34. The smallest absolute Gasteiger partial charge is 0.217 e. The fourth-order valence-corrected chi connectivity index (χ4v) is 3.20. The SMILES string of the molecule is CC(C)(CC(N)=O)C(c1cccnc1)c1cnc2[nH]ncc2c1. The highest BCUT2D eigenvalue weighted by atomic mass is 16.1. The van der Waals surface area contributed by atoms with Crippen LogP contribution in [0, 0.1) is 5.41 Å². The minimum atomic E-state index is -0.367. The van der Waals surface area contributed by atoms with Crippen molar-refractivity contribution in [1.29, 1.82) is 0 Å². The van der Waals surface area contributed by atoms with E-state index in [0.29, 0.717) is 0 Å². The summed E-state index contributed by atoms with van der Waals surface area (Å²) >= 11 is 0. The number of pyridine rings is 2. The van der Waals surface area contributed by atoms with Crippen molar-refractivity contribution < 1.29 is 4.79 Å². The highest BCUT2D eigenvalue weighted by molar-refractivity contribution is 5.76. The van der Waals surface area contributed by atoms with Gasteiger partial charge in [0.25, 0.3) is 0 Å². The lowest BCUT2D eigenvalue weighted by molar-refractivity contribution is -0.120. The summed E-state index contributed by atoms with van der Waals surface area (Å²) < 4.78 is 0. The quantitative estimate of drug-likeness (QED) is 0.756. The van der Waals surface area contributed by atoms with Crippen LogP contribution in [0.5, 0.6) is 0 Å². The Bertz CT molecular complexity index is 825. The zero-order valence-corrected chi connectivity index (χ0v) is 13.2. The Morgan fingerprint density at radius 2 is 2.13 bits per heavy atom. The number of fused-ring (bicyclic) bond motifs is 1. The largest absolute Gasteiger partial charge is 0.370 e. The van der Waals surface area contributed by atoms with E-state index in [1.54, 1.807) is 12.4 Å². The second-order valence-electron chi connectivity index (χ2n) is 6.43. The van der Waals surface area contributed by atoms with Gasteiger partial charge in [0.1, 0.15) is 0 Å². The van der Waals surface area contributed by atoms with E-state index in [1.165, 1.54) is 0 Å². The predicted molar refractivity (Wildman–Crippen MR) is 87.6 cm³/mol. The number of carbonyl (C=O) groups is 1. The lowest BCUT2D eigenvalue weighted by atomic mass is 9.70. The third-order valence-electron chi connectivity index (χ3n) is 4.07. The Kier molecular flexibility index (Phi) is 3.82. The van der Waals surface area contributed by atoms with Crippen LogP contribution < -0.4 is 5.73 Å². The van der Waals surface area contributed by atoms with Crippen molar-refractivity contribution in [3.05, 3.63) is 54.1 Å². The first-order chi connectivity index (χ1) is 11.0. The molecule has 118 valence electrons. The van der Waals surface area contributed by atoms with Crippen molar-refractivity contribution in [2.75, 3.05) is 0 Å². The van der Waals surface area contributed by atoms with Crippen LogP contribution in [0.2, 0.25) is 0 Å². The van der Waals surface area contributed by atoms with Gasteiger partial charge in [0.05, 0.1) is 6.20 Å². The molecule has 23 heavy (non-hydrogen) atoms. The maximum Gasteiger partial charge on any atom is 0.217 e. The van der Waals surface area contributed by atoms with Crippen molar-refractivity contribution in [2.45, 2.75) is 26.2 Å². The molecule has 0 saturated heterocycles. The first-order valence-corrected chi connectivity index (χ1v) is 7.44. The van der Waals surface area contributed by atoms with Crippen molar-refractivity contribution in [2.24, 2.45) is 11.1 Å². The zero-order chi connectivity index (χ0) is 16.4. The minimum Gasteiger partial charge on any atom is -0.370 e. The standard InChI is InChI=1S/C17H19N5O/c1-17(2,7-14(18)23)15(11-4-3-5-19-8-11)12-6-13-10-21-22-16(13)20-9-12/h3-6,8-10,15H,7H2,1-2H3,(H2,18,23)(H,20,21,22). The summed E-state index contributed by atoms with van der Waals surface area (Å²) in [6.45, 7) is 4.07. The number of hydrogen-bond donors (Lipinski definition) is 2. The van der Waals surface area contributed by atoms with Crippen LogP contribution in [0.1, 0.15) is 37.3 Å². The Hall–Kier alpha value is -2.76. The van der Waals surface area contributed by atoms with E-state index in [2.05, 4.69) is 20.2 Å². The molecule has 3 heterocycles. The Morgan fingerprint density at radius 3 is 2.83 bits per heavy atom. The number of aromatic nitrogens is 4. The molecule has 0 spiro atoms. The minimum absolute atomic E-state index is 0.0458. The van der Waals surface area contributed by atoms with E-state index in [-0.39, 0.29) is 23.7 Å². The van der Waals surface area contributed by atoms with E-state index in [4.69, 9.17) is 5.73 Å². The molecule has 1 amide bonds. The van der Waals surface area contributed by atoms with Gasteiger partial charge in [-0.15, -0.1) is 0 Å². The molecule has 1 atom stereocenters. The third-order valence-corrected chi connectivity index (χ3v) is 4.07. The van der Waals surface area contributed by atoms with Gasteiger partial charge < -0.3 is 5.73 Å². The van der Waals surface area contributed by atoms with Gasteiger partial charge in [-0.2, -0.15) is 5.10 Å².